The third-order valence-corrected chi connectivity index (χ3v) is 2.54. The highest BCUT2D eigenvalue weighted by atomic mass is 16.5. The van der Waals surface area contributed by atoms with Crippen molar-refractivity contribution in [1.29, 1.82) is 0 Å². The van der Waals surface area contributed by atoms with Crippen LogP contribution in [0.3, 0.4) is 0 Å². The summed E-state index contributed by atoms with van der Waals surface area (Å²) in [5.74, 6) is 0.00187. The lowest BCUT2D eigenvalue weighted by Crippen LogP contribution is -2.29. The molecule has 1 aliphatic heterocycles. The third kappa shape index (κ3) is 7.09. The first-order valence-electron chi connectivity index (χ1n) is 6.35. The number of carbonyl (C=O) groups excluding carboxylic acids is 1. The molecule has 2 N–H and O–H groups in total. The minimum Gasteiger partial charge on any atom is -0.394 e. The second-order valence-corrected chi connectivity index (χ2v) is 4.05. The van der Waals surface area contributed by atoms with Crippen molar-refractivity contribution in [2.24, 2.45) is 0 Å². The molecule has 0 saturated carbocycles. The number of nitrogens with one attached hydrogen (secondary N) is 1. The van der Waals surface area contributed by atoms with Gasteiger partial charge in [0, 0.05) is 26.1 Å². The molecule has 0 fully saturated rings. The SMILES string of the molecule is O=C(CCOCCO)NCCCN1C=CC=CC1. The van der Waals surface area contributed by atoms with Crippen molar-refractivity contribution in [3.05, 3.63) is 24.4 Å². The van der Waals surface area contributed by atoms with Crippen molar-refractivity contribution < 1.29 is 14.6 Å². The van der Waals surface area contributed by atoms with Crippen LogP contribution in [0.4, 0.5) is 0 Å². The van der Waals surface area contributed by atoms with E-state index < -0.39 is 0 Å². The lowest BCUT2D eigenvalue weighted by molar-refractivity contribution is -0.122. The summed E-state index contributed by atoms with van der Waals surface area (Å²) in [6, 6.07) is 0. The minimum absolute atomic E-state index is 0.000578. The predicted octanol–water partition coefficient (Wildman–Crippen LogP) is 0.277. The molecule has 0 aromatic carbocycles. The number of ether oxygens (including phenoxy) is 1. The van der Waals surface area contributed by atoms with E-state index in [0.29, 0.717) is 26.2 Å². The summed E-state index contributed by atoms with van der Waals surface area (Å²) in [4.78, 5) is 13.6. The monoisotopic (exact) mass is 254 g/mol. The van der Waals surface area contributed by atoms with E-state index in [-0.39, 0.29) is 12.5 Å². The Morgan fingerprint density at radius 3 is 3.00 bits per heavy atom. The standard InChI is InChI=1S/C13H22N2O3/c16-10-12-18-11-5-13(17)14-6-4-9-15-7-2-1-3-8-15/h1-3,7,16H,4-6,8-12H2,(H,14,17). The predicted molar refractivity (Wildman–Crippen MR) is 70.0 cm³/mol. The average molecular weight is 254 g/mol. The van der Waals surface area contributed by atoms with Gasteiger partial charge >= 0.3 is 0 Å². The summed E-state index contributed by atoms with van der Waals surface area (Å²) in [6.07, 6.45) is 9.50. The molecule has 0 aromatic heterocycles. The number of carbonyl (C=O) groups is 1. The molecule has 0 aromatic rings. The van der Waals surface area contributed by atoms with E-state index in [9.17, 15) is 4.79 Å². The van der Waals surface area contributed by atoms with Crippen LogP contribution < -0.4 is 5.32 Å². The summed E-state index contributed by atoms with van der Waals surface area (Å²) in [5.41, 5.74) is 0. The molecule has 1 aliphatic rings. The Labute approximate surface area is 108 Å². The molecule has 0 saturated heterocycles. The topological polar surface area (TPSA) is 61.8 Å². The van der Waals surface area contributed by atoms with E-state index in [1.807, 2.05) is 12.2 Å². The second-order valence-electron chi connectivity index (χ2n) is 4.05. The zero-order valence-corrected chi connectivity index (χ0v) is 10.7. The van der Waals surface area contributed by atoms with Gasteiger partial charge in [0.2, 0.25) is 5.91 Å². The van der Waals surface area contributed by atoms with Crippen molar-refractivity contribution in [2.45, 2.75) is 12.8 Å². The number of aliphatic hydroxyl groups is 1. The molecule has 18 heavy (non-hydrogen) atoms. The van der Waals surface area contributed by atoms with Gasteiger partial charge < -0.3 is 20.1 Å². The van der Waals surface area contributed by atoms with E-state index in [1.165, 1.54) is 0 Å². The van der Waals surface area contributed by atoms with Gasteiger partial charge in [-0.2, -0.15) is 0 Å². The van der Waals surface area contributed by atoms with Crippen molar-refractivity contribution in [1.82, 2.24) is 10.2 Å². The molecule has 0 radical (unpaired) electrons. The van der Waals surface area contributed by atoms with E-state index in [4.69, 9.17) is 9.84 Å². The molecule has 1 rings (SSSR count). The molecule has 0 spiro atoms. The van der Waals surface area contributed by atoms with Crippen molar-refractivity contribution in [3.8, 4) is 0 Å². The van der Waals surface area contributed by atoms with Crippen LogP contribution in [-0.4, -0.2) is 55.4 Å². The molecular formula is C13H22N2O3. The van der Waals surface area contributed by atoms with E-state index in [2.05, 4.69) is 22.5 Å². The van der Waals surface area contributed by atoms with Gasteiger partial charge in [-0.05, 0) is 18.7 Å². The molecule has 0 unspecified atom stereocenters. The average Bonchev–Trinajstić information content (AvgIpc) is 2.41. The van der Waals surface area contributed by atoms with Crippen LogP contribution in [-0.2, 0) is 9.53 Å². The Bertz CT molecular complexity index is 290. The maximum absolute atomic E-state index is 11.4. The number of amides is 1. The number of allylic oxidation sites excluding steroid dienone is 2. The quantitative estimate of drug-likeness (QED) is 0.580. The highest BCUT2D eigenvalue weighted by Crippen LogP contribution is 1.98. The summed E-state index contributed by atoms with van der Waals surface area (Å²) >= 11 is 0. The van der Waals surface area contributed by atoms with Gasteiger partial charge in [-0.1, -0.05) is 12.2 Å². The highest BCUT2D eigenvalue weighted by molar-refractivity contribution is 5.75. The Kier molecular flexibility index (Phi) is 7.92. The first-order chi connectivity index (χ1) is 8.83. The molecule has 1 amide bonds. The Morgan fingerprint density at radius 2 is 2.28 bits per heavy atom. The second kappa shape index (κ2) is 9.67. The van der Waals surface area contributed by atoms with Gasteiger partial charge in [-0.15, -0.1) is 0 Å². The van der Waals surface area contributed by atoms with Gasteiger partial charge in [-0.3, -0.25) is 4.79 Å². The summed E-state index contributed by atoms with van der Waals surface area (Å²) in [6.45, 7) is 3.24. The van der Waals surface area contributed by atoms with E-state index in [0.717, 1.165) is 19.5 Å². The summed E-state index contributed by atoms with van der Waals surface area (Å²) in [7, 11) is 0. The molecule has 0 bridgehead atoms. The lowest BCUT2D eigenvalue weighted by Gasteiger charge is -2.20. The molecule has 1 heterocycles. The van der Waals surface area contributed by atoms with Crippen LogP contribution in [0.2, 0.25) is 0 Å². The number of hydrogen-bond acceptors (Lipinski definition) is 4. The highest BCUT2D eigenvalue weighted by Gasteiger charge is 2.02. The Morgan fingerprint density at radius 1 is 1.39 bits per heavy atom. The fourth-order valence-electron chi connectivity index (χ4n) is 1.60. The molecule has 5 nitrogen and oxygen atoms in total. The van der Waals surface area contributed by atoms with Gasteiger partial charge in [-0.25, -0.2) is 0 Å². The van der Waals surface area contributed by atoms with Crippen molar-refractivity contribution in [2.75, 3.05) is 39.5 Å². The fourth-order valence-corrected chi connectivity index (χ4v) is 1.60. The van der Waals surface area contributed by atoms with E-state index in [1.54, 1.807) is 0 Å². The van der Waals surface area contributed by atoms with Crippen LogP contribution in [0.15, 0.2) is 24.4 Å². The summed E-state index contributed by atoms with van der Waals surface area (Å²) < 4.78 is 5.02. The Hall–Kier alpha value is -1.33. The first kappa shape index (κ1) is 14.7. The van der Waals surface area contributed by atoms with Crippen LogP contribution in [0.25, 0.3) is 0 Å². The van der Waals surface area contributed by atoms with E-state index >= 15 is 0 Å². The molecule has 102 valence electrons. The number of aliphatic hydroxyl groups excluding tert-OH is 1. The lowest BCUT2D eigenvalue weighted by atomic mass is 10.3. The first-order valence-corrected chi connectivity index (χ1v) is 6.35. The number of hydrogen-bond donors (Lipinski definition) is 2. The fraction of sp³-hybridized carbons (Fsp3) is 0.615. The van der Waals surface area contributed by atoms with Crippen LogP contribution in [0.1, 0.15) is 12.8 Å². The normalized spacial score (nSPS) is 13.9. The van der Waals surface area contributed by atoms with Crippen LogP contribution in [0, 0.1) is 0 Å². The van der Waals surface area contributed by atoms with Gasteiger partial charge in [0.1, 0.15) is 0 Å². The zero-order valence-electron chi connectivity index (χ0n) is 10.7. The largest absolute Gasteiger partial charge is 0.394 e. The zero-order chi connectivity index (χ0) is 13.1. The Balaban J connectivity index is 1.92. The van der Waals surface area contributed by atoms with Gasteiger partial charge in [0.05, 0.1) is 19.8 Å². The number of nitrogens with zero attached hydrogens (tertiary/aromatic N) is 1. The van der Waals surface area contributed by atoms with Crippen molar-refractivity contribution in [3.63, 3.8) is 0 Å². The molecular weight excluding hydrogens is 232 g/mol. The smallest absolute Gasteiger partial charge is 0.222 e. The molecule has 0 aliphatic carbocycles. The van der Waals surface area contributed by atoms with Crippen molar-refractivity contribution >= 4 is 5.91 Å². The maximum atomic E-state index is 11.4. The van der Waals surface area contributed by atoms with Gasteiger partial charge in [0.25, 0.3) is 0 Å². The molecule has 0 atom stereocenters. The maximum Gasteiger partial charge on any atom is 0.222 e. The molecule has 5 heteroatoms. The minimum atomic E-state index is -0.000578. The van der Waals surface area contributed by atoms with Crippen LogP contribution in [0.5, 0.6) is 0 Å². The van der Waals surface area contributed by atoms with Gasteiger partial charge in [0.15, 0.2) is 0 Å². The van der Waals surface area contributed by atoms with Crippen LogP contribution >= 0.6 is 0 Å². The number of rotatable bonds is 9. The summed E-state index contributed by atoms with van der Waals surface area (Å²) in [5, 5.41) is 11.3. The third-order valence-electron chi connectivity index (χ3n) is 2.54.